The molecule has 3 aliphatic rings. The van der Waals surface area contributed by atoms with Crippen LogP contribution in [-0.2, 0) is 13.0 Å². The Labute approximate surface area is 150 Å². The van der Waals surface area contributed by atoms with E-state index in [9.17, 15) is 0 Å². The molecule has 1 saturated heterocycles. The third-order valence-corrected chi connectivity index (χ3v) is 5.42. The van der Waals surface area contributed by atoms with E-state index in [0.29, 0.717) is 0 Å². The van der Waals surface area contributed by atoms with E-state index in [4.69, 9.17) is 16.3 Å². The molecule has 0 unspecified atom stereocenters. The lowest BCUT2D eigenvalue weighted by Gasteiger charge is -2.32. The van der Waals surface area contributed by atoms with E-state index in [0.717, 1.165) is 42.3 Å². The van der Waals surface area contributed by atoms with Crippen molar-refractivity contribution in [3.8, 4) is 5.75 Å². The van der Waals surface area contributed by atoms with Gasteiger partial charge in [0.1, 0.15) is 5.75 Å². The Morgan fingerprint density at radius 2 is 1.96 bits per heavy atom. The van der Waals surface area contributed by atoms with Crippen molar-refractivity contribution in [2.45, 2.75) is 44.7 Å². The van der Waals surface area contributed by atoms with E-state index in [1.54, 1.807) is 0 Å². The molecule has 2 fully saturated rings. The van der Waals surface area contributed by atoms with E-state index in [-0.39, 0.29) is 12.4 Å². The summed E-state index contributed by atoms with van der Waals surface area (Å²) in [5, 5.41) is 4.59. The highest BCUT2D eigenvalue weighted by Crippen LogP contribution is 2.34. The molecule has 1 N–H and O–H groups in total. The van der Waals surface area contributed by atoms with Gasteiger partial charge in [0.25, 0.3) is 0 Å². The van der Waals surface area contributed by atoms with Crippen molar-refractivity contribution in [2.24, 2.45) is 5.92 Å². The molecule has 5 heteroatoms. The van der Waals surface area contributed by atoms with E-state index in [1.807, 2.05) is 0 Å². The zero-order valence-corrected chi connectivity index (χ0v) is 15.1. The fraction of sp³-hybridized carbons (Fsp3) is 0.667. The van der Waals surface area contributed by atoms with Crippen LogP contribution < -0.4 is 10.1 Å². The van der Waals surface area contributed by atoms with Gasteiger partial charge in [-0.25, -0.2) is 0 Å². The zero-order valence-electron chi connectivity index (χ0n) is 13.5. The maximum Gasteiger partial charge on any atom is 0.127 e. The topological polar surface area (TPSA) is 24.5 Å². The molecule has 2 aliphatic heterocycles. The number of nitrogens with one attached hydrogen (secondary N) is 1. The molecule has 0 bridgehead atoms. The third-order valence-electron chi connectivity index (χ3n) is 5.20. The molecule has 0 amide bonds. The van der Waals surface area contributed by atoms with Gasteiger partial charge in [-0.05, 0) is 68.9 Å². The number of halogens is 2. The third kappa shape index (κ3) is 4.33. The number of fused-ring (bicyclic) bond motifs is 1. The minimum absolute atomic E-state index is 0. The minimum Gasteiger partial charge on any atom is -0.493 e. The highest BCUT2D eigenvalue weighted by Gasteiger charge is 2.25. The highest BCUT2D eigenvalue weighted by molar-refractivity contribution is 6.30. The Kier molecular flexibility index (Phi) is 5.74. The van der Waals surface area contributed by atoms with Gasteiger partial charge in [0, 0.05) is 29.6 Å². The van der Waals surface area contributed by atoms with Crippen LogP contribution in [0.4, 0.5) is 0 Å². The molecule has 2 heterocycles. The monoisotopic (exact) mass is 356 g/mol. The lowest BCUT2D eigenvalue weighted by Crippen LogP contribution is -2.42. The number of nitrogens with zero attached hydrogens (tertiary/aromatic N) is 1. The van der Waals surface area contributed by atoms with Crippen LogP contribution in [0.3, 0.4) is 0 Å². The molecule has 1 saturated carbocycles. The van der Waals surface area contributed by atoms with E-state index in [1.165, 1.54) is 56.4 Å². The van der Waals surface area contributed by atoms with Gasteiger partial charge in [-0.2, -0.15) is 0 Å². The van der Waals surface area contributed by atoms with Crippen molar-refractivity contribution in [2.75, 3.05) is 26.2 Å². The zero-order chi connectivity index (χ0) is 14.9. The summed E-state index contributed by atoms with van der Waals surface area (Å²) in [4.78, 5) is 2.54. The first-order valence-electron chi connectivity index (χ1n) is 8.68. The number of hydrogen-bond donors (Lipinski definition) is 1. The molecule has 0 radical (unpaired) electrons. The quantitative estimate of drug-likeness (QED) is 0.871. The number of rotatable bonds is 5. The van der Waals surface area contributed by atoms with Gasteiger partial charge >= 0.3 is 0 Å². The highest BCUT2D eigenvalue weighted by atomic mass is 35.5. The minimum atomic E-state index is 0. The second-order valence-corrected chi connectivity index (χ2v) is 7.49. The average molecular weight is 357 g/mol. The van der Waals surface area contributed by atoms with Crippen molar-refractivity contribution in [1.82, 2.24) is 10.2 Å². The van der Waals surface area contributed by atoms with Gasteiger partial charge in [-0.3, -0.25) is 4.90 Å². The summed E-state index contributed by atoms with van der Waals surface area (Å²) in [6, 6.07) is 4.86. The lowest BCUT2D eigenvalue weighted by atomic mass is 10.0. The Bertz CT molecular complexity index is 540. The smallest absolute Gasteiger partial charge is 0.127 e. The van der Waals surface area contributed by atoms with Gasteiger partial charge in [-0.15, -0.1) is 12.4 Å². The van der Waals surface area contributed by atoms with Crippen LogP contribution in [0.5, 0.6) is 5.75 Å². The second-order valence-electron chi connectivity index (χ2n) is 7.05. The van der Waals surface area contributed by atoms with Gasteiger partial charge in [-0.1, -0.05) is 11.6 Å². The molecule has 3 nitrogen and oxygen atoms in total. The summed E-state index contributed by atoms with van der Waals surface area (Å²) in [5.74, 6) is 2.07. The van der Waals surface area contributed by atoms with Crippen molar-refractivity contribution >= 4 is 24.0 Å². The Hall–Kier alpha value is -0.480. The van der Waals surface area contributed by atoms with Gasteiger partial charge < -0.3 is 10.1 Å². The number of likely N-dealkylation sites (tertiary alicyclic amines) is 1. The maximum atomic E-state index is 6.26. The van der Waals surface area contributed by atoms with Crippen LogP contribution in [-0.4, -0.2) is 37.2 Å². The summed E-state index contributed by atoms with van der Waals surface area (Å²) in [5.41, 5.74) is 2.55. The Balaban J connectivity index is 0.00000156. The molecule has 0 atom stereocenters. The fourth-order valence-corrected chi connectivity index (χ4v) is 3.92. The number of ether oxygens (including phenoxy) is 1. The normalized spacial score (nSPS) is 21.6. The first kappa shape index (κ1) is 17.3. The molecule has 1 aliphatic carbocycles. The lowest BCUT2D eigenvalue weighted by molar-refractivity contribution is 0.188. The van der Waals surface area contributed by atoms with Gasteiger partial charge in [0.2, 0.25) is 0 Å². The largest absolute Gasteiger partial charge is 0.493 e. The molecule has 1 aromatic rings. The molecule has 0 spiro atoms. The van der Waals surface area contributed by atoms with Crippen LogP contribution in [0, 0.1) is 5.92 Å². The molecule has 23 heavy (non-hydrogen) atoms. The van der Waals surface area contributed by atoms with Crippen molar-refractivity contribution in [3.63, 3.8) is 0 Å². The standard InChI is InChI=1S/C18H25ClN2O.ClH/c19-16-9-14-5-8-22-18(14)15(10-16)12-21-6-3-17(4-7-21)20-11-13-1-2-13;/h9-10,13,17,20H,1-8,11-12H2;1H. The number of hydrogen-bond acceptors (Lipinski definition) is 3. The molecular formula is C18H26Cl2N2O. The van der Waals surface area contributed by atoms with Crippen LogP contribution >= 0.6 is 24.0 Å². The SMILES string of the molecule is Cl.Clc1cc2c(c(CN3CCC(NCC4CC4)CC3)c1)OCC2. The van der Waals surface area contributed by atoms with E-state index >= 15 is 0 Å². The van der Waals surface area contributed by atoms with Crippen molar-refractivity contribution in [3.05, 3.63) is 28.3 Å². The molecule has 1 aromatic carbocycles. The predicted molar refractivity (Wildman–Crippen MR) is 96.9 cm³/mol. The van der Waals surface area contributed by atoms with Crippen LogP contribution in [0.1, 0.15) is 36.8 Å². The summed E-state index contributed by atoms with van der Waals surface area (Å²) in [7, 11) is 0. The van der Waals surface area contributed by atoms with Crippen LogP contribution in [0.25, 0.3) is 0 Å². The van der Waals surface area contributed by atoms with Gasteiger partial charge in [0.15, 0.2) is 0 Å². The first-order valence-corrected chi connectivity index (χ1v) is 9.05. The van der Waals surface area contributed by atoms with Crippen LogP contribution in [0.2, 0.25) is 5.02 Å². The summed E-state index contributed by atoms with van der Waals surface area (Å²) in [6.45, 7) is 5.35. The fourth-order valence-electron chi connectivity index (χ4n) is 3.65. The van der Waals surface area contributed by atoms with Crippen molar-refractivity contribution < 1.29 is 4.74 Å². The first-order chi connectivity index (χ1) is 10.8. The Morgan fingerprint density at radius 3 is 2.70 bits per heavy atom. The average Bonchev–Trinajstić information content (AvgIpc) is 3.23. The molecule has 0 aromatic heterocycles. The molecule has 128 valence electrons. The van der Waals surface area contributed by atoms with E-state index in [2.05, 4.69) is 22.3 Å². The van der Waals surface area contributed by atoms with E-state index < -0.39 is 0 Å². The predicted octanol–water partition coefficient (Wildman–Crippen LogP) is 3.66. The Morgan fingerprint density at radius 1 is 1.17 bits per heavy atom. The molecule has 4 rings (SSSR count). The molecular weight excluding hydrogens is 331 g/mol. The van der Waals surface area contributed by atoms with Crippen LogP contribution in [0.15, 0.2) is 12.1 Å². The van der Waals surface area contributed by atoms with Crippen molar-refractivity contribution in [1.29, 1.82) is 0 Å². The number of piperidine rings is 1. The summed E-state index contributed by atoms with van der Waals surface area (Å²) >= 11 is 6.26. The summed E-state index contributed by atoms with van der Waals surface area (Å²) in [6.07, 6.45) is 6.39. The van der Waals surface area contributed by atoms with Gasteiger partial charge in [0.05, 0.1) is 6.61 Å². The number of benzene rings is 1. The maximum absolute atomic E-state index is 6.26. The second kappa shape index (κ2) is 7.60. The summed E-state index contributed by atoms with van der Waals surface area (Å²) < 4.78 is 5.82.